The first kappa shape index (κ1) is 10.9. The van der Waals surface area contributed by atoms with Gasteiger partial charge in [-0.1, -0.05) is 0 Å². The van der Waals surface area contributed by atoms with Gasteiger partial charge in [-0.15, -0.1) is 12.4 Å². The quantitative estimate of drug-likeness (QED) is 0.788. The molecule has 11 heavy (non-hydrogen) atoms. The maximum absolute atomic E-state index is 11.8. The van der Waals surface area contributed by atoms with Crippen molar-refractivity contribution in [3.8, 4) is 0 Å². The number of rotatable bonds is 3. The van der Waals surface area contributed by atoms with Crippen LogP contribution in [0.1, 0.15) is 18.0 Å². The van der Waals surface area contributed by atoms with E-state index in [2.05, 4.69) is 0 Å². The van der Waals surface area contributed by atoms with Crippen LogP contribution in [-0.4, -0.2) is 6.67 Å². The lowest BCUT2D eigenvalue weighted by Gasteiger charge is -2.04. The van der Waals surface area contributed by atoms with Crippen molar-refractivity contribution in [2.24, 2.45) is 5.73 Å². The third kappa shape index (κ3) is 3.18. The molecule has 0 unspecified atom stereocenters. The SMILES string of the molecule is Cl.N[C@@H](CCF)c1ccsc1. The minimum atomic E-state index is -0.336. The molecule has 0 aliphatic carbocycles. The Labute approximate surface area is 75.8 Å². The van der Waals surface area contributed by atoms with Gasteiger partial charge in [0, 0.05) is 6.04 Å². The van der Waals surface area contributed by atoms with E-state index in [9.17, 15) is 4.39 Å². The molecule has 1 atom stereocenters. The van der Waals surface area contributed by atoms with Gasteiger partial charge in [0.15, 0.2) is 0 Å². The van der Waals surface area contributed by atoms with E-state index in [-0.39, 0.29) is 25.1 Å². The fraction of sp³-hybridized carbons (Fsp3) is 0.429. The molecule has 4 heteroatoms. The molecule has 0 bridgehead atoms. The summed E-state index contributed by atoms with van der Waals surface area (Å²) in [6.45, 7) is -0.336. The predicted octanol–water partition coefficient (Wildman–Crippen LogP) is 2.53. The van der Waals surface area contributed by atoms with Gasteiger partial charge in [-0.3, -0.25) is 4.39 Å². The molecule has 0 spiro atoms. The molecule has 0 saturated carbocycles. The minimum absolute atomic E-state index is 0. The summed E-state index contributed by atoms with van der Waals surface area (Å²) in [6.07, 6.45) is 0.427. The molecule has 1 nitrogen and oxygen atoms in total. The molecular formula is C7H11ClFNS. The van der Waals surface area contributed by atoms with Crippen molar-refractivity contribution in [2.75, 3.05) is 6.67 Å². The molecule has 0 aliphatic rings. The molecule has 1 heterocycles. The zero-order chi connectivity index (χ0) is 7.40. The molecule has 1 aromatic heterocycles. The monoisotopic (exact) mass is 195 g/mol. The Bertz CT molecular complexity index is 179. The highest BCUT2D eigenvalue weighted by atomic mass is 35.5. The molecule has 1 aromatic rings. The average molecular weight is 196 g/mol. The second kappa shape index (κ2) is 5.52. The van der Waals surface area contributed by atoms with Gasteiger partial charge in [0.1, 0.15) is 0 Å². The lowest BCUT2D eigenvalue weighted by Crippen LogP contribution is -2.09. The lowest BCUT2D eigenvalue weighted by molar-refractivity contribution is 0.442. The van der Waals surface area contributed by atoms with Gasteiger partial charge in [-0.05, 0) is 28.8 Å². The van der Waals surface area contributed by atoms with Crippen molar-refractivity contribution in [3.63, 3.8) is 0 Å². The summed E-state index contributed by atoms with van der Waals surface area (Å²) in [5, 5.41) is 3.91. The van der Waals surface area contributed by atoms with Gasteiger partial charge < -0.3 is 5.73 Å². The molecule has 0 radical (unpaired) electrons. The van der Waals surface area contributed by atoms with Crippen LogP contribution in [0.3, 0.4) is 0 Å². The van der Waals surface area contributed by atoms with Crippen LogP contribution >= 0.6 is 23.7 Å². The van der Waals surface area contributed by atoms with Crippen molar-refractivity contribution < 1.29 is 4.39 Å². The molecular weight excluding hydrogens is 185 g/mol. The fourth-order valence-electron chi connectivity index (χ4n) is 0.770. The number of halogens is 2. The summed E-state index contributed by atoms with van der Waals surface area (Å²) in [5.41, 5.74) is 6.66. The summed E-state index contributed by atoms with van der Waals surface area (Å²) in [7, 11) is 0. The van der Waals surface area contributed by atoms with Gasteiger partial charge >= 0.3 is 0 Å². The number of thiophene rings is 1. The van der Waals surface area contributed by atoms with Crippen LogP contribution in [0.15, 0.2) is 16.8 Å². The summed E-state index contributed by atoms with van der Waals surface area (Å²) in [4.78, 5) is 0. The van der Waals surface area contributed by atoms with Gasteiger partial charge in [0.2, 0.25) is 0 Å². The highest BCUT2D eigenvalue weighted by molar-refractivity contribution is 7.07. The Morgan fingerprint density at radius 3 is 2.82 bits per heavy atom. The minimum Gasteiger partial charge on any atom is -0.324 e. The second-order valence-corrected chi connectivity index (χ2v) is 2.92. The summed E-state index contributed by atoms with van der Waals surface area (Å²) in [6, 6.07) is 1.82. The van der Waals surface area contributed by atoms with Crippen molar-refractivity contribution in [1.82, 2.24) is 0 Å². The van der Waals surface area contributed by atoms with Crippen LogP contribution < -0.4 is 5.73 Å². The average Bonchev–Trinajstić information content (AvgIpc) is 2.38. The van der Waals surface area contributed by atoms with Gasteiger partial charge in [0.05, 0.1) is 6.67 Å². The molecule has 0 amide bonds. The van der Waals surface area contributed by atoms with E-state index in [1.807, 2.05) is 16.8 Å². The Morgan fingerprint density at radius 1 is 1.64 bits per heavy atom. The van der Waals surface area contributed by atoms with E-state index < -0.39 is 0 Å². The smallest absolute Gasteiger partial charge is 0.0912 e. The zero-order valence-electron chi connectivity index (χ0n) is 6.00. The van der Waals surface area contributed by atoms with Gasteiger partial charge in [-0.25, -0.2) is 0 Å². The van der Waals surface area contributed by atoms with Crippen LogP contribution in [0, 0.1) is 0 Å². The highest BCUT2D eigenvalue weighted by Crippen LogP contribution is 2.16. The van der Waals surface area contributed by atoms with E-state index in [1.165, 1.54) is 0 Å². The zero-order valence-corrected chi connectivity index (χ0v) is 7.63. The summed E-state index contributed by atoms with van der Waals surface area (Å²) in [5.74, 6) is 0. The third-order valence-electron chi connectivity index (χ3n) is 1.39. The first-order valence-electron chi connectivity index (χ1n) is 3.18. The van der Waals surface area contributed by atoms with E-state index >= 15 is 0 Å². The first-order valence-corrected chi connectivity index (χ1v) is 4.12. The number of alkyl halides is 1. The Kier molecular flexibility index (Phi) is 5.46. The highest BCUT2D eigenvalue weighted by Gasteiger charge is 2.04. The lowest BCUT2D eigenvalue weighted by atomic mass is 10.1. The largest absolute Gasteiger partial charge is 0.324 e. The van der Waals surface area contributed by atoms with Crippen LogP contribution in [-0.2, 0) is 0 Å². The summed E-state index contributed by atoms with van der Waals surface area (Å²) < 4.78 is 11.8. The van der Waals surface area contributed by atoms with E-state index in [0.29, 0.717) is 6.42 Å². The van der Waals surface area contributed by atoms with E-state index in [0.717, 1.165) is 5.56 Å². The van der Waals surface area contributed by atoms with Crippen LogP contribution in [0.2, 0.25) is 0 Å². The van der Waals surface area contributed by atoms with Gasteiger partial charge in [0.25, 0.3) is 0 Å². The molecule has 0 fully saturated rings. The summed E-state index contributed by atoms with van der Waals surface area (Å²) >= 11 is 1.59. The topological polar surface area (TPSA) is 26.0 Å². The van der Waals surface area contributed by atoms with Crippen LogP contribution in [0.5, 0.6) is 0 Å². The second-order valence-electron chi connectivity index (χ2n) is 2.14. The van der Waals surface area contributed by atoms with Crippen molar-refractivity contribution in [2.45, 2.75) is 12.5 Å². The molecule has 2 N–H and O–H groups in total. The predicted molar refractivity (Wildman–Crippen MR) is 49.1 cm³/mol. The molecule has 64 valence electrons. The fourth-order valence-corrected chi connectivity index (χ4v) is 1.49. The first-order chi connectivity index (χ1) is 4.84. The van der Waals surface area contributed by atoms with E-state index in [4.69, 9.17) is 5.73 Å². The Hall–Kier alpha value is -0.120. The van der Waals surface area contributed by atoms with Crippen LogP contribution in [0.25, 0.3) is 0 Å². The van der Waals surface area contributed by atoms with Crippen molar-refractivity contribution in [3.05, 3.63) is 22.4 Å². The standard InChI is InChI=1S/C7H10FNS.ClH/c8-3-1-7(9)6-2-4-10-5-6;/h2,4-5,7H,1,3,9H2;1H/t7-;/m0./s1. The maximum Gasteiger partial charge on any atom is 0.0912 e. The molecule has 0 saturated heterocycles. The Morgan fingerprint density at radius 2 is 2.36 bits per heavy atom. The van der Waals surface area contributed by atoms with Crippen LogP contribution in [0.4, 0.5) is 4.39 Å². The van der Waals surface area contributed by atoms with E-state index in [1.54, 1.807) is 11.3 Å². The third-order valence-corrected chi connectivity index (χ3v) is 2.09. The normalized spacial score (nSPS) is 12.2. The maximum atomic E-state index is 11.8. The molecule has 0 aliphatic heterocycles. The van der Waals surface area contributed by atoms with Gasteiger partial charge in [-0.2, -0.15) is 11.3 Å². The number of hydrogen-bond acceptors (Lipinski definition) is 2. The van der Waals surface area contributed by atoms with Crippen molar-refractivity contribution in [1.29, 1.82) is 0 Å². The molecule has 0 aromatic carbocycles. The number of hydrogen-bond donors (Lipinski definition) is 1. The number of nitrogens with two attached hydrogens (primary N) is 1. The Balaban J connectivity index is 0.000001000. The molecule has 1 rings (SSSR count). The van der Waals surface area contributed by atoms with Crippen molar-refractivity contribution >= 4 is 23.7 Å².